The largest absolute Gasteiger partial charge is 0.493 e. The van der Waals surface area contributed by atoms with Crippen molar-refractivity contribution in [2.24, 2.45) is 0 Å². The van der Waals surface area contributed by atoms with Crippen LogP contribution in [0.1, 0.15) is 5.56 Å². The van der Waals surface area contributed by atoms with Gasteiger partial charge in [0, 0.05) is 37.1 Å². The molecular weight excluding hydrogens is 378 g/mol. The van der Waals surface area contributed by atoms with Crippen molar-refractivity contribution in [3.05, 3.63) is 78.1 Å². The van der Waals surface area contributed by atoms with E-state index >= 15 is 0 Å². The van der Waals surface area contributed by atoms with Crippen LogP contribution in [0.2, 0.25) is 0 Å². The quantitative estimate of drug-likeness (QED) is 0.540. The summed E-state index contributed by atoms with van der Waals surface area (Å²) in [7, 11) is 1.80. The van der Waals surface area contributed by atoms with Crippen molar-refractivity contribution in [1.82, 2.24) is 15.0 Å². The fourth-order valence-corrected chi connectivity index (χ4v) is 2.86. The highest BCUT2D eigenvalue weighted by atomic mass is 19.1. The monoisotopic (exact) mass is 394 g/mol. The molecule has 0 saturated heterocycles. The topological polar surface area (TPSA) is 71.4 Å². The molecular formula is C21H16F2N4O2. The summed E-state index contributed by atoms with van der Waals surface area (Å²) in [6.45, 7) is 0.279. The van der Waals surface area contributed by atoms with Crippen LogP contribution in [-0.2, 0) is 6.54 Å². The van der Waals surface area contributed by atoms with Crippen LogP contribution in [0.4, 0.5) is 14.5 Å². The molecule has 0 spiro atoms. The smallest absolute Gasteiger partial charge is 0.325 e. The van der Waals surface area contributed by atoms with E-state index in [0.29, 0.717) is 22.2 Å². The van der Waals surface area contributed by atoms with E-state index in [4.69, 9.17) is 4.74 Å². The first kappa shape index (κ1) is 18.5. The molecule has 2 heterocycles. The molecule has 146 valence electrons. The lowest BCUT2D eigenvalue weighted by molar-refractivity contribution is 0.412. The Hall–Kier alpha value is -3.81. The summed E-state index contributed by atoms with van der Waals surface area (Å²) in [4.78, 5) is 14.0. The molecule has 4 rings (SSSR count). The number of rotatable bonds is 5. The third-order valence-electron chi connectivity index (χ3n) is 4.37. The fourth-order valence-electron chi connectivity index (χ4n) is 2.86. The number of hydrogen-bond donors (Lipinski definition) is 1. The Balaban J connectivity index is 1.49. The van der Waals surface area contributed by atoms with Crippen molar-refractivity contribution < 1.29 is 18.6 Å². The minimum atomic E-state index is -0.604. The van der Waals surface area contributed by atoms with E-state index in [1.807, 2.05) is 4.90 Å². The average molecular weight is 394 g/mol. The van der Waals surface area contributed by atoms with E-state index < -0.39 is 11.6 Å². The molecule has 2 aromatic heterocycles. The van der Waals surface area contributed by atoms with E-state index in [2.05, 4.69) is 15.0 Å². The number of nitrogens with zero attached hydrogens (tertiary/aromatic N) is 4. The molecule has 0 atom stereocenters. The molecule has 4 aromatic rings. The van der Waals surface area contributed by atoms with Crippen molar-refractivity contribution >= 4 is 16.6 Å². The van der Waals surface area contributed by atoms with Gasteiger partial charge < -0.3 is 14.7 Å². The number of aromatic hydroxyl groups is 1. The van der Waals surface area contributed by atoms with Gasteiger partial charge in [-0.25, -0.2) is 8.78 Å². The van der Waals surface area contributed by atoms with Crippen LogP contribution in [0.5, 0.6) is 17.6 Å². The summed E-state index contributed by atoms with van der Waals surface area (Å²) in [5, 5.41) is 10.5. The summed E-state index contributed by atoms with van der Waals surface area (Å²) in [5.74, 6) is -0.907. The lowest BCUT2D eigenvalue weighted by atomic mass is 10.2. The van der Waals surface area contributed by atoms with Gasteiger partial charge in [-0.1, -0.05) is 6.07 Å². The minimum Gasteiger partial charge on any atom is -0.493 e. The van der Waals surface area contributed by atoms with Crippen molar-refractivity contribution in [2.45, 2.75) is 6.54 Å². The number of fused-ring (bicyclic) bond motifs is 1. The Morgan fingerprint density at radius 2 is 1.83 bits per heavy atom. The number of ether oxygens (including phenoxy) is 1. The maximum Gasteiger partial charge on any atom is 0.325 e. The average Bonchev–Trinajstić information content (AvgIpc) is 2.71. The minimum absolute atomic E-state index is 0.00233. The second kappa shape index (κ2) is 7.67. The highest BCUT2D eigenvalue weighted by molar-refractivity contribution is 5.82. The van der Waals surface area contributed by atoms with Gasteiger partial charge in [0.1, 0.15) is 17.4 Å². The first-order valence-electron chi connectivity index (χ1n) is 8.73. The number of aromatic nitrogens is 3. The number of anilines is 1. The number of hydrogen-bond acceptors (Lipinski definition) is 6. The van der Waals surface area contributed by atoms with Crippen LogP contribution in [0.15, 0.2) is 60.9 Å². The third-order valence-corrected chi connectivity index (χ3v) is 4.37. The second-order valence-corrected chi connectivity index (χ2v) is 6.41. The van der Waals surface area contributed by atoms with Crippen molar-refractivity contribution in [3.63, 3.8) is 0 Å². The van der Waals surface area contributed by atoms with Crippen LogP contribution in [-0.4, -0.2) is 27.1 Å². The normalized spacial score (nSPS) is 10.9. The van der Waals surface area contributed by atoms with Gasteiger partial charge in [-0.3, -0.25) is 4.98 Å². The molecule has 6 nitrogen and oxygen atoms in total. The Morgan fingerprint density at radius 1 is 1.03 bits per heavy atom. The van der Waals surface area contributed by atoms with Crippen LogP contribution < -0.4 is 9.64 Å². The zero-order chi connectivity index (χ0) is 20.4. The molecule has 0 aliphatic carbocycles. The van der Waals surface area contributed by atoms with Gasteiger partial charge in [-0.2, -0.15) is 9.97 Å². The van der Waals surface area contributed by atoms with Gasteiger partial charge in [0.05, 0.1) is 17.1 Å². The number of pyridine rings is 1. The van der Waals surface area contributed by atoms with Crippen LogP contribution in [0.3, 0.4) is 0 Å². The fraction of sp³-hybridized carbons (Fsp3) is 0.0952. The Bertz CT molecular complexity index is 1170. The predicted molar refractivity (Wildman–Crippen MR) is 104 cm³/mol. The molecule has 0 aliphatic heterocycles. The Morgan fingerprint density at radius 3 is 2.59 bits per heavy atom. The summed E-state index contributed by atoms with van der Waals surface area (Å²) < 4.78 is 32.5. The molecule has 8 heteroatoms. The van der Waals surface area contributed by atoms with Gasteiger partial charge in [-0.15, -0.1) is 0 Å². The molecule has 0 saturated carbocycles. The Labute approximate surface area is 165 Å². The predicted octanol–water partition coefficient (Wildman–Crippen LogP) is 4.44. The van der Waals surface area contributed by atoms with Gasteiger partial charge in [0.2, 0.25) is 5.88 Å². The maximum absolute atomic E-state index is 13.9. The zero-order valence-corrected chi connectivity index (χ0v) is 15.4. The van der Waals surface area contributed by atoms with Gasteiger partial charge in [-0.05, 0) is 36.4 Å². The summed E-state index contributed by atoms with van der Waals surface area (Å²) in [6.07, 6.45) is 3.05. The third kappa shape index (κ3) is 4.06. The molecule has 2 aromatic carbocycles. The van der Waals surface area contributed by atoms with Crippen molar-refractivity contribution in [3.8, 4) is 17.6 Å². The van der Waals surface area contributed by atoms with Crippen molar-refractivity contribution in [2.75, 3.05) is 11.9 Å². The summed E-state index contributed by atoms with van der Waals surface area (Å²) >= 11 is 0. The van der Waals surface area contributed by atoms with E-state index in [1.54, 1.807) is 43.6 Å². The number of benzene rings is 2. The van der Waals surface area contributed by atoms with E-state index in [0.717, 1.165) is 11.8 Å². The number of halogens is 2. The highest BCUT2D eigenvalue weighted by Gasteiger charge is 2.10. The van der Waals surface area contributed by atoms with Gasteiger partial charge in [0.15, 0.2) is 0 Å². The van der Waals surface area contributed by atoms with Gasteiger partial charge >= 0.3 is 6.01 Å². The standard InChI is InChI=1S/C21H16F2N4O2/c1-27(12-13-2-3-14(22)10-18(13)23)15-4-6-16(7-5-15)29-21-25-19-11-24-9-8-17(19)20(28)26-21/h2-11H,12H2,1H3,(H,25,26,28). The summed E-state index contributed by atoms with van der Waals surface area (Å²) in [6, 6.07) is 12.1. The van der Waals surface area contributed by atoms with E-state index in [-0.39, 0.29) is 18.4 Å². The molecule has 29 heavy (non-hydrogen) atoms. The molecule has 0 bridgehead atoms. The first-order valence-corrected chi connectivity index (χ1v) is 8.73. The molecule has 1 N–H and O–H groups in total. The van der Waals surface area contributed by atoms with Crippen LogP contribution in [0, 0.1) is 11.6 Å². The molecule has 0 unspecified atom stereocenters. The van der Waals surface area contributed by atoms with Crippen LogP contribution >= 0.6 is 0 Å². The lowest BCUT2D eigenvalue weighted by Crippen LogP contribution is -2.17. The Kier molecular flexibility index (Phi) is 4.90. The SMILES string of the molecule is CN(Cc1ccc(F)cc1F)c1ccc(Oc2nc(O)c3ccncc3n2)cc1. The highest BCUT2D eigenvalue weighted by Crippen LogP contribution is 2.27. The molecule has 0 amide bonds. The molecule has 0 fully saturated rings. The van der Waals surface area contributed by atoms with E-state index in [9.17, 15) is 13.9 Å². The van der Waals surface area contributed by atoms with Gasteiger partial charge in [0.25, 0.3) is 0 Å². The summed E-state index contributed by atoms with van der Waals surface area (Å²) in [5.41, 5.74) is 1.67. The van der Waals surface area contributed by atoms with E-state index in [1.165, 1.54) is 18.3 Å². The first-order chi connectivity index (χ1) is 14.0. The maximum atomic E-state index is 13.9. The second-order valence-electron chi connectivity index (χ2n) is 6.41. The molecule has 0 radical (unpaired) electrons. The molecule has 0 aliphatic rings. The van der Waals surface area contributed by atoms with Crippen LogP contribution in [0.25, 0.3) is 10.9 Å². The zero-order valence-electron chi connectivity index (χ0n) is 15.4. The lowest BCUT2D eigenvalue weighted by Gasteiger charge is -2.20. The van der Waals surface area contributed by atoms with Crippen molar-refractivity contribution in [1.29, 1.82) is 0 Å².